The van der Waals surface area contributed by atoms with Crippen LogP contribution < -0.4 is 10.2 Å². The Balaban J connectivity index is 1.76. The molecule has 0 unspecified atom stereocenters. The summed E-state index contributed by atoms with van der Waals surface area (Å²) in [5, 5.41) is 23.3. The molecule has 132 valence electrons. The molecule has 3 N–H and O–H groups in total. The van der Waals surface area contributed by atoms with Gasteiger partial charge in [-0.25, -0.2) is 15.0 Å². The normalized spacial score (nSPS) is 23.8. The zero-order chi connectivity index (χ0) is 17.2. The Hall–Kier alpha value is -2.29. The lowest BCUT2D eigenvalue weighted by Gasteiger charge is -2.25. The number of aliphatic hydroxyl groups excluding tert-OH is 1. The fourth-order valence-electron chi connectivity index (χ4n) is 3.19. The zero-order valence-electron chi connectivity index (χ0n) is 13.8. The average Bonchev–Trinajstić information content (AvgIpc) is 3.09. The maximum atomic E-state index is 10.1. The predicted molar refractivity (Wildman–Crippen MR) is 91.3 cm³/mol. The van der Waals surface area contributed by atoms with E-state index in [1.165, 1.54) is 6.20 Å². The van der Waals surface area contributed by atoms with Gasteiger partial charge >= 0.3 is 0 Å². The highest BCUT2D eigenvalue weighted by Gasteiger charge is 2.25. The van der Waals surface area contributed by atoms with Gasteiger partial charge in [0.05, 0.1) is 36.6 Å². The molecule has 2 atom stereocenters. The van der Waals surface area contributed by atoms with Crippen molar-refractivity contribution in [2.75, 3.05) is 37.7 Å². The Kier molecular flexibility index (Phi) is 4.48. The molecule has 8 heteroatoms. The van der Waals surface area contributed by atoms with Gasteiger partial charge in [-0.3, -0.25) is 0 Å². The van der Waals surface area contributed by atoms with E-state index in [9.17, 15) is 10.2 Å². The highest BCUT2D eigenvalue weighted by molar-refractivity contribution is 5.63. The van der Waals surface area contributed by atoms with Gasteiger partial charge in [-0.1, -0.05) is 0 Å². The van der Waals surface area contributed by atoms with Crippen molar-refractivity contribution in [2.24, 2.45) is 0 Å². The molecule has 2 saturated heterocycles. The van der Waals surface area contributed by atoms with E-state index in [-0.39, 0.29) is 18.0 Å². The predicted octanol–water partition coefficient (Wildman–Crippen LogP) is 0.476. The maximum absolute atomic E-state index is 10.1. The van der Waals surface area contributed by atoms with E-state index < -0.39 is 0 Å². The van der Waals surface area contributed by atoms with E-state index in [4.69, 9.17) is 4.74 Å². The number of aliphatic hydroxyl groups is 1. The summed E-state index contributed by atoms with van der Waals surface area (Å²) in [6.45, 7) is 3.27. The highest BCUT2D eigenvalue weighted by atomic mass is 16.5. The second-order valence-electron chi connectivity index (χ2n) is 6.32. The number of nitrogens with one attached hydrogen (secondary N) is 1. The van der Waals surface area contributed by atoms with E-state index in [0.29, 0.717) is 31.1 Å². The van der Waals surface area contributed by atoms with E-state index in [2.05, 4.69) is 20.3 Å². The van der Waals surface area contributed by atoms with Gasteiger partial charge in [0.15, 0.2) is 5.82 Å². The fourth-order valence-corrected chi connectivity index (χ4v) is 3.19. The molecule has 0 radical (unpaired) electrons. The monoisotopic (exact) mass is 343 g/mol. The van der Waals surface area contributed by atoms with Gasteiger partial charge in [-0.15, -0.1) is 0 Å². The van der Waals surface area contributed by atoms with Crippen molar-refractivity contribution < 1.29 is 14.9 Å². The molecule has 0 aliphatic carbocycles. The standard InChI is InChI=1S/C17H21N5O3/c23-11-3-6-22(9-11)15-8-13(14-10-25-7-5-18-14)20-16(21-15)12-2-1-4-19-17(12)24/h1-2,4,8,11,14,18,23H,3,5-7,9-10H2,(H,19,24)/t11-,14+/m0/s1. The Bertz CT molecular complexity index is 728. The summed E-state index contributed by atoms with van der Waals surface area (Å²) in [6, 6.07) is 5.39. The van der Waals surface area contributed by atoms with Crippen LogP contribution in [-0.4, -0.2) is 64.1 Å². The SMILES string of the molecule is Oc1ncccc1-c1nc([C@H]2COCCN2)cc(N2CC[C@H](O)C2)n1. The van der Waals surface area contributed by atoms with E-state index in [0.717, 1.165) is 31.0 Å². The average molecular weight is 343 g/mol. The molecule has 0 aromatic carbocycles. The number of nitrogens with zero attached hydrogens (tertiary/aromatic N) is 4. The minimum atomic E-state index is -0.343. The van der Waals surface area contributed by atoms with Crippen molar-refractivity contribution in [3.05, 3.63) is 30.1 Å². The van der Waals surface area contributed by atoms with Crippen molar-refractivity contribution in [3.8, 4) is 17.3 Å². The first-order valence-corrected chi connectivity index (χ1v) is 8.48. The van der Waals surface area contributed by atoms with Crippen LogP contribution in [0.15, 0.2) is 24.4 Å². The molecule has 2 fully saturated rings. The summed E-state index contributed by atoms with van der Waals surface area (Å²) in [6.07, 6.45) is 1.90. The topological polar surface area (TPSA) is 104 Å². The van der Waals surface area contributed by atoms with E-state index >= 15 is 0 Å². The van der Waals surface area contributed by atoms with Crippen LogP contribution in [0.1, 0.15) is 18.2 Å². The van der Waals surface area contributed by atoms with Crippen molar-refractivity contribution in [1.29, 1.82) is 0 Å². The summed E-state index contributed by atoms with van der Waals surface area (Å²) >= 11 is 0. The molecule has 0 saturated carbocycles. The Labute approximate surface area is 145 Å². The van der Waals surface area contributed by atoms with Crippen LogP contribution in [0.25, 0.3) is 11.4 Å². The molecule has 4 rings (SSSR count). The number of aromatic hydroxyl groups is 1. The summed E-state index contributed by atoms with van der Waals surface area (Å²) in [5.41, 5.74) is 1.30. The van der Waals surface area contributed by atoms with Gasteiger partial charge in [0.1, 0.15) is 5.82 Å². The molecular formula is C17H21N5O3. The molecule has 2 aliphatic heterocycles. The number of anilines is 1. The van der Waals surface area contributed by atoms with Crippen LogP contribution in [0.5, 0.6) is 5.88 Å². The Morgan fingerprint density at radius 2 is 2.24 bits per heavy atom. The van der Waals surface area contributed by atoms with Crippen LogP contribution in [0.4, 0.5) is 5.82 Å². The number of aromatic nitrogens is 3. The summed E-state index contributed by atoms with van der Waals surface area (Å²) < 4.78 is 5.55. The smallest absolute Gasteiger partial charge is 0.222 e. The highest BCUT2D eigenvalue weighted by Crippen LogP contribution is 2.29. The van der Waals surface area contributed by atoms with Gasteiger partial charge in [-0.2, -0.15) is 0 Å². The minimum absolute atomic E-state index is 0.0272. The third-order valence-electron chi connectivity index (χ3n) is 4.53. The van der Waals surface area contributed by atoms with Gasteiger partial charge in [0.25, 0.3) is 0 Å². The third-order valence-corrected chi connectivity index (χ3v) is 4.53. The maximum Gasteiger partial charge on any atom is 0.222 e. The number of morpholine rings is 1. The molecule has 8 nitrogen and oxygen atoms in total. The summed E-state index contributed by atoms with van der Waals surface area (Å²) in [7, 11) is 0. The van der Waals surface area contributed by atoms with Crippen molar-refractivity contribution in [2.45, 2.75) is 18.6 Å². The molecule has 4 heterocycles. The van der Waals surface area contributed by atoms with Crippen LogP contribution in [-0.2, 0) is 4.74 Å². The van der Waals surface area contributed by atoms with E-state index in [1.807, 2.05) is 11.0 Å². The molecule has 2 aromatic heterocycles. The number of rotatable bonds is 3. The minimum Gasteiger partial charge on any atom is -0.493 e. The molecule has 2 aliphatic rings. The number of hydrogen-bond acceptors (Lipinski definition) is 8. The summed E-state index contributed by atoms with van der Waals surface area (Å²) in [4.78, 5) is 15.2. The largest absolute Gasteiger partial charge is 0.493 e. The van der Waals surface area contributed by atoms with Crippen LogP contribution in [0.2, 0.25) is 0 Å². The van der Waals surface area contributed by atoms with Gasteiger partial charge in [-0.05, 0) is 18.6 Å². The lowest BCUT2D eigenvalue weighted by Crippen LogP contribution is -2.35. The third kappa shape index (κ3) is 3.41. The lowest BCUT2D eigenvalue weighted by atomic mass is 10.1. The van der Waals surface area contributed by atoms with Crippen molar-refractivity contribution >= 4 is 5.82 Å². The van der Waals surface area contributed by atoms with Crippen LogP contribution in [0, 0.1) is 0 Å². The molecular weight excluding hydrogens is 322 g/mol. The molecule has 0 spiro atoms. The van der Waals surface area contributed by atoms with Crippen LogP contribution >= 0.6 is 0 Å². The van der Waals surface area contributed by atoms with Crippen LogP contribution in [0.3, 0.4) is 0 Å². The fraction of sp³-hybridized carbons (Fsp3) is 0.471. The lowest BCUT2D eigenvalue weighted by molar-refractivity contribution is 0.0756. The van der Waals surface area contributed by atoms with E-state index in [1.54, 1.807) is 12.1 Å². The first kappa shape index (κ1) is 16.2. The van der Waals surface area contributed by atoms with Crippen molar-refractivity contribution in [1.82, 2.24) is 20.3 Å². The Morgan fingerprint density at radius 1 is 1.32 bits per heavy atom. The van der Waals surface area contributed by atoms with Gasteiger partial charge < -0.3 is 25.2 Å². The number of hydrogen-bond donors (Lipinski definition) is 3. The Morgan fingerprint density at radius 3 is 2.96 bits per heavy atom. The molecule has 25 heavy (non-hydrogen) atoms. The number of β-amino-alcohol motifs (C(OH)–C–C–N with tert-alkyl or cyclic N) is 1. The first-order chi connectivity index (χ1) is 12.2. The number of pyridine rings is 1. The first-order valence-electron chi connectivity index (χ1n) is 8.48. The quantitative estimate of drug-likeness (QED) is 0.739. The van der Waals surface area contributed by atoms with Crippen molar-refractivity contribution in [3.63, 3.8) is 0 Å². The second-order valence-corrected chi connectivity index (χ2v) is 6.32. The number of ether oxygens (including phenoxy) is 1. The van der Waals surface area contributed by atoms with Gasteiger partial charge in [0.2, 0.25) is 5.88 Å². The molecule has 0 amide bonds. The zero-order valence-corrected chi connectivity index (χ0v) is 13.8. The second kappa shape index (κ2) is 6.91. The molecule has 0 bridgehead atoms. The van der Waals surface area contributed by atoms with Gasteiger partial charge in [0, 0.05) is 31.9 Å². The summed E-state index contributed by atoms with van der Waals surface area (Å²) in [5.74, 6) is 1.07. The molecule has 2 aromatic rings.